The molecule has 0 saturated carbocycles. The Morgan fingerprint density at radius 3 is 2.45 bits per heavy atom. The van der Waals surface area contributed by atoms with Gasteiger partial charge >= 0.3 is 11.8 Å². The number of hydrogen-bond acceptors (Lipinski definition) is 5. The number of rotatable bonds is 6. The first-order chi connectivity index (χ1) is 14.8. The van der Waals surface area contributed by atoms with E-state index in [0.29, 0.717) is 5.56 Å². The van der Waals surface area contributed by atoms with Crippen molar-refractivity contribution in [2.75, 3.05) is 26.0 Å². The number of nitrogens with one attached hydrogen (secondary N) is 2. The van der Waals surface area contributed by atoms with Crippen molar-refractivity contribution in [2.45, 2.75) is 13.0 Å². The monoisotopic (exact) mass is 420 g/mol. The van der Waals surface area contributed by atoms with Crippen LogP contribution >= 0.6 is 0 Å². The molecule has 0 heterocycles. The molecule has 0 bridgehead atoms. The summed E-state index contributed by atoms with van der Waals surface area (Å²) in [5.74, 6) is -1.82. The zero-order chi connectivity index (χ0) is 22.5. The van der Waals surface area contributed by atoms with Gasteiger partial charge in [0.2, 0.25) is 0 Å². The van der Waals surface area contributed by atoms with Crippen LogP contribution in [0.1, 0.15) is 17.2 Å². The predicted molar refractivity (Wildman–Crippen MR) is 120 cm³/mol. The van der Waals surface area contributed by atoms with E-state index < -0.39 is 16.7 Å². The largest absolute Gasteiger partial charge is 0.346 e. The lowest BCUT2D eigenvalue weighted by Gasteiger charge is -2.26. The molecule has 3 aromatic carbocycles. The smallest absolute Gasteiger partial charge is 0.313 e. The number of anilines is 1. The number of benzene rings is 3. The summed E-state index contributed by atoms with van der Waals surface area (Å²) in [4.78, 5) is 37.3. The number of nitro benzene ring substituents is 1. The van der Waals surface area contributed by atoms with Gasteiger partial charge in [0.1, 0.15) is 5.69 Å². The average molecular weight is 420 g/mol. The van der Waals surface area contributed by atoms with Crippen molar-refractivity contribution in [2.24, 2.45) is 0 Å². The van der Waals surface area contributed by atoms with Gasteiger partial charge in [-0.2, -0.15) is 0 Å². The standard InChI is InChI=1S/C23H24N4O4/c1-15-11-12-19(20(13-15)27(30)31)25-23(29)22(28)24-14-21(26(2)3)18-10-6-8-16-7-4-5-9-17(16)18/h4-13,21H,14H2,1-3H3,(H,24,28)(H,25,29)/t21-/m0/s1. The first-order valence-electron chi connectivity index (χ1n) is 9.76. The minimum atomic E-state index is -0.956. The highest BCUT2D eigenvalue weighted by Gasteiger charge is 2.22. The molecular weight excluding hydrogens is 396 g/mol. The van der Waals surface area contributed by atoms with Crippen LogP contribution in [0, 0.1) is 17.0 Å². The fourth-order valence-electron chi connectivity index (χ4n) is 3.46. The highest BCUT2D eigenvalue weighted by molar-refractivity contribution is 6.39. The molecule has 0 spiro atoms. The predicted octanol–water partition coefficient (Wildman–Crippen LogP) is 3.41. The van der Waals surface area contributed by atoms with Crippen LogP contribution in [0.15, 0.2) is 60.7 Å². The number of carbonyl (C=O) groups excluding carboxylic acids is 2. The quantitative estimate of drug-likeness (QED) is 0.361. The van der Waals surface area contributed by atoms with Gasteiger partial charge in [-0.05, 0) is 49.0 Å². The minimum absolute atomic E-state index is 0.0195. The summed E-state index contributed by atoms with van der Waals surface area (Å²) in [6.45, 7) is 1.91. The molecule has 2 N–H and O–H groups in total. The van der Waals surface area contributed by atoms with Gasteiger partial charge in [0.15, 0.2) is 0 Å². The van der Waals surface area contributed by atoms with Crippen molar-refractivity contribution in [3.8, 4) is 0 Å². The summed E-state index contributed by atoms with van der Waals surface area (Å²) >= 11 is 0. The molecule has 31 heavy (non-hydrogen) atoms. The molecule has 160 valence electrons. The Bertz CT molecular complexity index is 1140. The second kappa shape index (κ2) is 9.36. The Kier molecular flexibility index (Phi) is 6.61. The van der Waals surface area contributed by atoms with Crippen molar-refractivity contribution < 1.29 is 14.5 Å². The molecule has 0 aliphatic heterocycles. The highest BCUT2D eigenvalue weighted by atomic mass is 16.6. The van der Waals surface area contributed by atoms with Crippen molar-refractivity contribution in [3.05, 3.63) is 81.9 Å². The summed E-state index contributed by atoms with van der Waals surface area (Å²) in [5, 5.41) is 18.4. The summed E-state index contributed by atoms with van der Waals surface area (Å²) < 4.78 is 0. The number of amides is 2. The van der Waals surface area contributed by atoms with Crippen LogP contribution in [0.4, 0.5) is 11.4 Å². The number of carbonyl (C=O) groups is 2. The molecule has 0 aliphatic carbocycles. The number of hydrogen-bond donors (Lipinski definition) is 2. The third kappa shape index (κ3) is 5.04. The maximum absolute atomic E-state index is 12.4. The number of nitrogens with zero attached hydrogens (tertiary/aromatic N) is 2. The van der Waals surface area contributed by atoms with Gasteiger partial charge in [-0.3, -0.25) is 19.7 Å². The van der Waals surface area contributed by atoms with E-state index in [1.54, 1.807) is 13.0 Å². The van der Waals surface area contributed by atoms with Crippen molar-refractivity contribution >= 4 is 34.0 Å². The molecule has 0 radical (unpaired) electrons. The molecule has 0 fully saturated rings. The molecule has 0 aliphatic rings. The fraction of sp³-hybridized carbons (Fsp3) is 0.217. The summed E-state index contributed by atoms with van der Waals surface area (Å²) in [6, 6.07) is 18.2. The van der Waals surface area contributed by atoms with E-state index in [-0.39, 0.29) is 24.0 Å². The summed E-state index contributed by atoms with van der Waals surface area (Å²) in [5.41, 5.74) is 1.42. The Morgan fingerprint density at radius 1 is 1.03 bits per heavy atom. The van der Waals surface area contributed by atoms with Gasteiger partial charge in [-0.15, -0.1) is 0 Å². The Hall–Kier alpha value is -3.78. The molecule has 1 atom stereocenters. The normalized spacial score (nSPS) is 11.9. The molecule has 2 amide bonds. The van der Waals surface area contributed by atoms with E-state index in [1.165, 1.54) is 12.1 Å². The van der Waals surface area contributed by atoms with E-state index in [1.807, 2.05) is 61.5 Å². The number of nitro groups is 1. The average Bonchev–Trinajstić information content (AvgIpc) is 2.74. The van der Waals surface area contributed by atoms with E-state index >= 15 is 0 Å². The number of likely N-dealkylation sites (N-methyl/N-ethyl adjacent to an activating group) is 1. The maximum atomic E-state index is 12.4. The lowest BCUT2D eigenvalue weighted by molar-refractivity contribution is -0.384. The van der Waals surface area contributed by atoms with E-state index in [2.05, 4.69) is 10.6 Å². The topological polar surface area (TPSA) is 105 Å². The van der Waals surface area contributed by atoms with E-state index in [9.17, 15) is 19.7 Å². The molecule has 8 heteroatoms. The van der Waals surface area contributed by atoms with Crippen LogP contribution in [0.2, 0.25) is 0 Å². The van der Waals surface area contributed by atoms with Crippen LogP contribution in [0.5, 0.6) is 0 Å². The van der Waals surface area contributed by atoms with Gasteiger partial charge < -0.3 is 15.5 Å². The number of fused-ring (bicyclic) bond motifs is 1. The molecule has 0 saturated heterocycles. The third-order valence-electron chi connectivity index (χ3n) is 5.07. The lowest BCUT2D eigenvalue weighted by Crippen LogP contribution is -2.40. The Morgan fingerprint density at radius 2 is 1.74 bits per heavy atom. The zero-order valence-electron chi connectivity index (χ0n) is 17.6. The van der Waals surface area contributed by atoms with Crippen molar-refractivity contribution in [1.82, 2.24) is 10.2 Å². The third-order valence-corrected chi connectivity index (χ3v) is 5.07. The fourth-order valence-corrected chi connectivity index (χ4v) is 3.46. The Balaban J connectivity index is 1.74. The zero-order valence-corrected chi connectivity index (χ0v) is 17.6. The van der Waals surface area contributed by atoms with Gasteiger partial charge in [-0.1, -0.05) is 48.5 Å². The summed E-state index contributed by atoms with van der Waals surface area (Å²) in [7, 11) is 3.79. The van der Waals surface area contributed by atoms with Crippen LogP contribution in [0.25, 0.3) is 10.8 Å². The molecular formula is C23H24N4O4. The van der Waals surface area contributed by atoms with Crippen LogP contribution < -0.4 is 10.6 Å². The lowest BCUT2D eigenvalue weighted by atomic mass is 9.98. The Labute approximate surface area is 180 Å². The van der Waals surface area contributed by atoms with E-state index in [4.69, 9.17) is 0 Å². The van der Waals surface area contributed by atoms with Crippen LogP contribution in [0.3, 0.4) is 0 Å². The van der Waals surface area contributed by atoms with Crippen molar-refractivity contribution in [1.29, 1.82) is 0 Å². The first-order valence-corrected chi connectivity index (χ1v) is 9.76. The molecule has 0 aromatic heterocycles. The molecule has 0 unspecified atom stereocenters. The first kappa shape index (κ1) is 21.9. The maximum Gasteiger partial charge on any atom is 0.313 e. The van der Waals surface area contributed by atoms with Gasteiger partial charge in [-0.25, -0.2) is 0 Å². The van der Waals surface area contributed by atoms with Gasteiger partial charge in [0.05, 0.1) is 11.0 Å². The molecule has 8 nitrogen and oxygen atoms in total. The van der Waals surface area contributed by atoms with E-state index in [0.717, 1.165) is 16.3 Å². The second-order valence-electron chi connectivity index (χ2n) is 7.49. The second-order valence-corrected chi connectivity index (χ2v) is 7.49. The van der Waals surface area contributed by atoms with Crippen LogP contribution in [-0.2, 0) is 9.59 Å². The van der Waals surface area contributed by atoms with Gasteiger partial charge in [0, 0.05) is 12.6 Å². The highest BCUT2D eigenvalue weighted by Crippen LogP contribution is 2.27. The molecule has 3 rings (SSSR count). The number of aryl methyl sites for hydroxylation is 1. The SMILES string of the molecule is Cc1ccc(NC(=O)C(=O)NC[C@@H](c2cccc3ccccc23)N(C)C)c([N+](=O)[O-])c1. The van der Waals surface area contributed by atoms with Gasteiger partial charge in [0.25, 0.3) is 5.69 Å². The van der Waals surface area contributed by atoms with Crippen molar-refractivity contribution in [3.63, 3.8) is 0 Å². The van der Waals surface area contributed by atoms with Crippen LogP contribution in [-0.4, -0.2) is 42.3 Å². The summed E-state index contributed by atoms with van der Waals surface area (Å²) in [6.07, 6.45) is 0. The molecule has 3 aromatic rings. The minimum Gasteiger partial charge on any atom is -0.346 e.